The van der Waals surface area contributed by atoms with Gasteiger partial charge >= 0.3 is 5.97 Å². The molecule has 1 heterocycles. The Labute approximate surface area is 196 Å². The van der Waals surface area contributed by atoms with Crippen LogP contribution in [0.25, 0.3) is 11.4 Å². The van der Waals surface area contributed by atoms with Crippen LogP contribution in [0.2, 0.25) is 5.02 Å². The lowest BCUT2D eigenvalue weighted by Crippen LogP contribution is -2.22. The molecular formula is C20H17ClFN5O5S. The van der Waals surface area contributed by atoms with Crippen molar-refractivity contribution < 1.29 is 23.6 Å². The summed E-state index contributed by atoms with van der Waals surface area (Å²) in [6.45, 7) is 1.80. The van der Waals surface area contributed by atoms with Crippen molar-refractivity contribution in [1.82, 2.24) is 14.8 Å². The molecule has 0 unspecified atom stereocenters. The molecular weight excluding hydrogens is 477 g/mol. The quantitative estimate of drug-likeness (QED) is 0.205. The lowest BCUT2D eigenvalue weighted by atomic mass is 10.2. The number of carbonyl (C=O) groups is 2. The van der Waals surface area contributed by atoms with E-state index in [0.29, 0.717) is 28.6 Å². The highest BCUT2D eigenvalue weighted by Gasteiger charge is 2.19. The van der Waals surface area contributed by atoms with Crippen molar-refractivity contribution in [3.05, 3.63) is 63.4 Å². The Morgan fingerprint density at radius 2 is 1.97 bits per heavy atom. The van der Waals surface area contributed by atoms with Crippen molar-refractivity contribution in [2.24, 2.45) is 0 Å². The number of ether oxygens (including phenoxy) is 1. The van der Waals surface area contributed by atoms with E-state index in [1.54, 1.807) is 12.1 Å². The van der Waals surface area contributed by atoms with E-state index in [1.165, 1.54) is 0 Å². The standard InChI is InChI=1S/C20H17ClFN5O5S/c1-2-26-19(12-3-5-13(21)6-4-12)24-25-20(26)33-11-18(29)32-10-17(28)23-15-8-7-14(22)9-16(15)27(30)31/h3-9H,2,10-11H2,1H3,(H,23,28). The molecule has 172 valence electrons. The van der Waals surface area contributed by atoms with Crippen molar-refractivity contribution >= 4 is 46.6 Å². The van der Waals surface area contributed by atoms with E-state index in [-0.39, 0.29) is 11.4 Å². The summed E-state index contributed by atoms with van der Waals surface area (Å²) in [7, 11) is 0. The Morgan fingerprint density at radius 1 is 1.24 bits per heavy atom. The molecule has 0 fully saturated rings. The second kappa shape index (κ2) is 10.9. The predicted octanol–water partition coefficient (Wildman–Crippen LogP) is 3.94. The number of thioether (sulfide) groups is 1. The Morgan fingerprint density at radius 3 is 2.64 bits per heavy atom. The minimum atomic E-state index is -0.830. The second-order valence-corrected chi connectivity index (χ2v) is 7.85. The smallest absolute Gasteiger partial charge is 0.316 e. The first-order valence-corrected chi connectivity index (χ1v) is 10.9. The molecule has 3 aromatic rings. The summed E-state index contributed by atoms with van der Waals surface area (Å²) in [5, 5.41) is 22.6. The number of nitrogens with zero attached hydrogens (tertiary/aromatic N) is 4. The average molecular weight is 494 g/mol. The number of anilines is 1. The summed E-state index contributed by atoms with van der Waals surface area (Å²) in [5.41, 5.74) is -0.00189. The largest absolute Gasteiger partial charge is 0.455 e. The zero-order chi connectivity index (χ0) is 24.0. The number of nitro benzene ring substituents is 1. The van der Waals surface area contributed by atoms with Gasteiger partial charge in [0.2, 0.25) is 0 Å². The first kappa shape index (κ1) is 24.1. The van der Waals surface area contributed by atoms with E-state index in [1.807, 2.05) is 23.6 Å². The third-order valence-corrected chi connectivity index (χ3v) is 5.44. The third kappa shape index (κ3) is 6.26. The van der Waals surface area contributed by atoms with Gasteiger partial charge in [-0.05, 0) is 43.3 Å². The van der Waals surface area contributed by atoms with Crippen LogP contribution in [-0.2, 0) is 20.9 Å². The maximum atomic E-state index is 13.2. The van der Waals surface area contributed by atoms with Crippen LogP contribution in [0, 0.1) is 15.9 Å². The molecule has 10 nitrogen and oxygen atoms in total. The van der Waals surface area contributed by atoms with Crippen LogP contribution in [-0.4, -0.2) is 43.9 Å². The molecule has 0 saturated heterocycles. The van der Waals surface area contributed by atoms with Crippen LogP contribution in [0.15, 0.2) is 47.6 Å². The van der Waals surface area contributed by atoms with Crippen LogP contribution in [0.3, 0.4) is 0 Å². The topological polar surface area (TPSA) is 129 Å². The molecule has 2 aromatic carbocycles. The molecule has 0 saturated carbocycles. The van der Waals surface area contributed by atoms with E-state index in [2.05, 4.69) is 15.5 Å². The monoisotopic (exact) mass is 493 g/mol. The third-order valence-electron chi connectivity index (χ3n) is 4.25. The average Bonchev–Trinajstić information content (AvgIpc) is 3.20. The normalized spacial score (nSPS) is 10.6. The van der Waals surface area contributed by atoms with E-state index in [9.17, 15) is 24.1 Å². The van der Waals surface area contributed by atoms with Gasteiger partial charge in [-0.3, -0.25) is 19.7 Å². The number of benzene rings is 2. The van der Waals surface area contributed by atoms with Gasteiger partial charge in [0, 0.05) is 17.1 Å². The number of nitro groups is 1. The molecule has 0 aliphatic heterocycles. The fourth-order valence-corrected chi connectivity index (χ4v) is 3.68. The molecule has 1 aromatic heterocycles. The van der Waals surface area contributed by atoms with Crippen LogP contribution < -0.4 is 5.32 Å². The summed E-state index contributed by atoms with van der Waals surface area (Å²) in [4.78, 5) is 34.2. The van der Waals surface area contributed by atoms with Gasteiger partial charge < -0.3 is 14.6 Å². The second-order valence-electron chi connectivity index (χ2n) is 6.47. The lowest BCUT2D eigenvalue weighted by molar-refractivity contribution is -0.384. The number of halogens is 2. The number of nitrogens with one attached hydrogen (secondary N) is 1. The van der Waals surface area contributed by atoms with Gasteiger partial charge in [0.15, 0.2) is 17.6 Å². The number of amides is 1. The Kier molecular flexibility index (Phi) is 7.96. The highest BCUT2D eigenvalue weighted by Crippen LogP contribution is 2.26. The summed E-state index contributed by atoms with van der Waals surface area (Å²) in [5.74, 6) is -1.83. The lowest BCUT2D eigenvalue weighted by Gasteiger charge is -2.08. The molecule has 0 radical (unpaired) electrons. The maximum Gasteiger partial charge on any atom is 0.316 e. The van der Waals surface area contributed by atoms with Gasteiger partial charge in [-0.25, -0.2) is 4.39 Å². The van der Waals surface area contributed by atoms with E-state index < -0.39 is 34.9 Å². The van der Waals surface area contributed by atoms with Gasteiger partial charge in [0.1, 0.15) is 11.5 Å². The molecule has 3 rings (SSSR count). The number of aromatic nitrogens is 3. The number of carbonyl (C=O) groups excluding carboxylic acids is 2. The maximum absolute atomic E-state index is 13.2. The summed E-state index contributed by atoms with van der Waals surface area (Å²) < 4.78 is 19.9. The van der Waals surface area contributed by atoms with Gasteiger partial charge in [-0.15, -0.1) is 10.2 Å². The predicted molar refractivity (Wildman–Crippen MR) is 120 cm³/mol. The molecule has 0 aliphatic carbocycles. The summed E-state index contributed by atoms with van der Waals surface area (Å²) >= 11 is 7.00. The Bertz CT molecular complexity index is 1190. The van der Waals surface area contributed by atoms with Crippen LogP contribution >= 0.6 is 23.4 Å². The van der Waals surface area contributed by atoms with Gasteiger partial charge in [0.05, 0.1) is 16.7 Å². The van der Waals surface area contributed by atoms with Gasteiger partial charge in [0.25, 0.3) is 11.6 Å². The molecule has 0 atom stereocenters. The van der Waals surface area contributed by atoms with Crippen molar-refractivity contribution in [3.63, 3.8) is 0 Å². The van der Waals surface area contributed by atoms with Crippen molar-refractivity contribution in [2.75, 3.05) is 17.7 Å². The Balaban J connectivity index is 1.54. The first-order chi connectivity index (χ1) is 15.8. The van der Waals surface area contributed by atoms with Crippen molar-refractivity contribution in [1.29, 1.82) is 0 Å². The number of hydrogen-bond donors (Lipinski definition) is 1. The summed E-state index contributed by atoms with van der Waals surface area (Å²) in [6, 6.07) is 9.80. The first-order valence-electron chi connectivity index (χ1n) is 9.49. The molecule has 1 N–H and O–H groups in total. The fourth-order valence-electron chi connectivity index (χ4n) is 2.75. The zero-order valence-electron chi connectivity index (χ0n) is 17.2. The SMILES string of the molecule is CCn1c(SCC(=O)OCC(=O)Nc2ccc(F)cc2[N+](=O)[O-])nnc1-c1ccc(Cl)cc1. The van der Waals surface area contributed by atoms with Gasteiger partial charge in [-0.2, -0.15) is 0 Å². The highest BCUT2D eigenvalue weighted by atomic mass is 35.5. The fraction of sp³-hybridized carbons (Fsp3) is 0.200. The van der Waals surface area contributed by atoms with E-state index in [0.717, 1.165) is 29.5 Å². The minimum Gasteiger partial charge on any atom is -0.455 e. The van der Waals surface area contributed by atoms with Gasteiger partial charge in [-0.1, -0.05) is 23.4 Å². The van der Waals surface area contributed by atoms with Crippen molar-refractivity contribution in [3.8, 4) is 11.4 Å². The molecule has 0 aliphatic rings. The number of esters is 1. The molecule has 0 spiro atoms. The van der Waals surface area contributed by atoms with Crippen LogP contribution in [0.5, 0.6) is 0 Å². The molecule has 33 heavy (non-hydrogen) atoms. The summed E-state index contributed by atoms with van der Waals surface area (Å²) in [6.07, 6.45) is 0. The van der Waals surface area contributed by atoms with E-state index in [4.69, 9.17) is 16.3 Å². The van der Waals surface area contributed by atoms with Crippen LogP contribution in [0.4, 0.5) is 15.8 Å². The molecule has 13 heteroatoms. The number of rotatable bonds is 9. The molecule has 0 bridgehead atoms. The van der Waals surface area contributed by atoms with Crippen molar-refractivity contribution in [2.45, 2.75) is 18.6 Å². The minimum absolute atomic E-state index is 0.136. The molecule has 1 amide bonds. The Hall–Kier alpha value is -3.51. The van der Waals surface area contributed by atoms with E-state index >= 15 is 0 Å². The van der Waals surface area contributed by atoms with Crippen LogP contribution in [0.1, 0.15) is 6.92 Å². The highest BCUT2D eigenvalue weighted by molar-refractivity contribution is 7.99. The number of hydrogen-bond acceptors (Lipinski definition) is 8. The zero-order valence-corrected chi connectivity index (χ0v) is 18.7.